The van der Waals surface area contributed by atoms with Gasteiger partial charge in [-0.3, -0.25) is 0 Å². The lowest BCUT2D eigenvalue weighted by Crippen LogP contribution is -2.05. The fourth-order valence-electron chi connectivity index (χ4n) is 1.55. The van der Waals surface area contributed by atoms with Crippen LogP contribution in [0.4, 0.5) is 4.39 Å². The molecule has 1 aromatic carbocycles. The molecule has 0 amide bonds. The van der Waals surface area contributed by atoms with Gasteiger partial charge in [0.25, 0.3) is 0 Å². The van der Waals surface area contributed by atoms with Crippen LogP contribution in [0.15, 0.2) is 21.9 Å². The third-order valence-corrected chi connectivity index (χ3v) is 4.42. The van der Waals surface area contributed by atoms with Crippen molar-refractivity contribution >= 4 is 21.6 Å². The topological polar surface area (TPSA) is 60.2 Å². The van der Waals surface area contributed by atoms with E-state index in [1.807, 2.05) is 0 Å². The van der Waals surface area contributed by atoms with Crippen molar-refractivity contribution in [1.82, 2.24) is 0 Å². The summed E-state index contributed by atoms with van der Waals surface area (Å²) < 4.78 is 36.9. The summed E-state index contributed by atoms with van der Waals surface area (Å²) in [5.74, 6) is -0.479. The largest absolute Gasteiger partial charge is 0.330 e. The van der Waals surface area contributed by atoms with Gasteiger partial charge in [0, 0.05) is 6.26 Å². The molecule has 17 heavy (non-hydrogen) atoms. The van der Waals surface area contributed by atoms with Gasteiger partial charge in [0.15, 0.2) is 9.84 Å². The smallest absolute Gasteiger partial charge is 0.176 e. The third kappa shape index (κ3) is 3.69. The molecule has 0 bridgehead atoms. The van der Waals surface area contributed by atoms with E-state index in [9.17, 15) is 12.8 Å². The van der Waals surface area contributed by atoms with Crippen molar-refractivity contribution in [2.75, 3.05) is 19.1 Å². The summed E-state index contributed by atoms with van der Waals surface area (Å²) in [6, 6.07) is 2.93. The highest BCUT2D eigenvalue weighted by atomic mass is 32.2. The first kappa shape index (κ1) is 14.5. The molecular formula is C11H16FNO2S2. The normalized spacial score (nSPS) is 11.8. The second kappa shape index (κ2) is 5.84. The van der Waals surface area contributed by atoms with Gasteiger partial charge in [0.2, 0.25) is 0 Å². The van der Waals surface area contributed by atoms with Gasteiger partial charge in [-0.05, 0) is 43.3 Å². The van der Waals surface area contributed by atoms with Gasteiger partial charge in [-0.25, -0.2) is 12.8 Å². The summed E-state index contributed by atoms with van der Waals surface area (Å²) in [4.78, 5) is 0.251. The Kier molecular flexibility index (Phi) is 4.97. The number of nitrogens with two attached hydrogens (primary N) is 1. The zero-order valence-electron chi connectivity index (χ0n) is 9.86. The molecule has 0 atom stereocenters. The fraction of sp³-hybridized carbons (Fsp3) is 0.455. The molecular weight excluding hydrogens is 261 g/mol. The molecule has 0 heterocycles. The molecule has 0 aliphatic rings. The summed E-state index contributed by atoms with van der Waals surface area (Å²) in [5, 5.41) is 0. The van der Waals surface area contributed by atoms with Crippen LogP contribution >= 0.6 is 11.8 Å². The van der Waals surface area contributed by atoms with Gasteiger partial charge in [0.1, 0.15) is 5.82 Å². The Morgan fingerprint density at radius 3 is 2.53 bits per heavy atom. The molecule has 0 saturated heterocycles. The van der Waals surface area contributed by atoms with Gasteiger partial charge in [-0.1, -0.05) is 0 Å². The van der Waals surface area contributed by atoms with Gasteiger partial charge in [0.05, 0.1) is 9.79 Å². The highest BCUT2D eigenvalue weighted by molar-refractivity contribution is 7.99. The molecule has 0 unspecified atom stereocenters. The van der Waals surface area contributed by atoms with Crippen molar-refractivity contribution in [1.29, 1.82) is 0 Å². The average Bonchev–Trinajstić information content (AvgIpc) is 2.24. The quantitative estimate of drug-likeness (QED) is 0.834. The van der Waals surface area contributed by atoms with Crippen molar-refractivity contribution < 1.29 is 12.8 Å². The van der Waals surface area contributed by atoms with Gasteiger partial charge in [-0.15, -0.1) is 11.8 Å². The van der Waals surface area contributed by atoms with Crippen LogP contribution in [-0.2, 0) is 16.3 Å². The van der Waals surface area contributed by atoms with E-state index in [4.69, 9.17) is 5.73 Å². The molecule has 0 spiro atoms. The van der Waals surface area contributed by atoms with Crippen LogP contribution in [0, 0.1) is 5.82 Å². The molecule has 3 nitrogen and oxygen atoms in total. The van der Waals surface area contributed by atoms with Crippen molar-refractivity contribution in [3.05, 3.63) is 23.5 Å². The minimum absolute atomic E-state index is 0.0667. The van der Waals surface area contributed by atoms with E-state index in [1.165, 1.54) is 6.07 Å². The number of aryl methyl sites for hydroxylation is 1. The fourth-order valence-corrected chi connectivity index (χ4v) is 3.56. The Morgan fingerprint density at radius 1 is 1.41 bits per heavy atom. The van der Waals surface area contributed by atoms with E-state index < -0.39 is 15.7 Å². The molecule has 0 aliphatic heterocycles. The minimum atomic E-state index is -3.41. The van der Waals surface area contributed by atoms with Crippen LogP contribution in [0.5, 0.6) is 0 Å². The zero-order chi connectivity index (χ0) is 13.1. The van der Waals surface area contributed by atoms with Crippen LogP contribution in [-0.4, -0.2) is 27.5 Å². The third-order valence-electron chi connectivity index (χ3n) is 2.34. The lowest BCUT2D eigenvalue weighted by atomic mass is 10.1. The van der Waals surface area contributed by atoms with Crippen LogP contribution in [0.2, 0.25) is 0 Å². The molecule has 1 aromatic rings. The number of thioether (sulfide) groups is 1. The van der Waals surface area contributed by atoms with Gasteiger partial charge < -0.3 is 5.73 Å². The SMILES string of the molecule is CSc1c(F)cc(CCCN)cc1S(C)(=O)=O. The Bertz CT molecular complexity index is 500. The summed E-state index contributed by atoms with van der Waals surface area (Å²) in [5.41, 5.74) is 6.05. The maximum Gasteiger partial charge on any atom is 0.176 e. The lowest BCUT2D eigenvalue weighted by molar-refractivity contribution is 0.575. The summed E-state index contributed by atoms with van der Waals surface area (Å²) in [7, 11) is -3.41. The first-order valence-electron chi connectivity index (χ1n) is 5.16. The first-order chi connectivity index (χ1) is 7.90. The Hall–Kier alpha value is -0.590. The van der Waals surface area contributed by atoms with Crippen LogP contribution in [0.3, 0.4) is 0 Å². The predicted octanol–water partition coefficient (Wildman–Crippen LogP) is 1.84. The summed E-state index contributed by atoms with van der Waals surface area (Å²) in [6.45, 7) is 0.500. The van der Waals surface area contributed by atoms with E-state index >= 15 is 0 Å². The van der Waals surface area contributed by atoms with Gasteiger partial charge >= 0.3 is 0 Å². The first-order valence-corrected chi connectivity index (χ1v) is 8.28. The van der Waals surface area contributed by atoms with Crippen LogP contribution in [0.25, 0.3) is 0 Å². The number of hydrogen-bond acceptors (Lipinski definition) is 4. The Morgan fingerprint density at radius 2 is 2.06 bits per heavy atom. The number of sulfone groups is 1. The monoisotopic (exact) mass is 277 g/mol. The number of halogens is 1. The lowest BCUT2D eigenvalue weighted by Gasteiger charge is -2.10. The molecule has 1 rings (SSSR count). The van der Waals surface area contributed by atoms with E-state index in [2.05, 4.69) is 0 Å². The minimum Gasteiger partial charge on any atom is -0.330 e. The second-order valence-corrected chi connectivity index (χ2v) is 6.57. The Labute approximate surface area is 106 Å². The molecule has 2 N–H and O–H groups in total. The molecule has 6 heteroatoms. The average molecular weight is 277 g/mol. The van der Waals surface area contributed by atoms with Gasteiger partial charge in [-0.2, -0.15) is 0 Å². The Balaban J connectivity index is 3.29. The predicted molar refractivity (Wildman–Crippen MR) is 68.7 cm³/mol. The zero-order valence-corrected chi connectivity index (χ0v) is 11.5. The maximum atomic E-state index is 13.8. The molecule has 0 radical (unpaired) electrons. The van der Waals surface area contributed by atoms with Crippen LogP contribution < -0.4 is 5.73 Å². The number of rotatable bonds is 5. The van der Waals surface area contributed by atoms with Crippen molar-refractivity contribution in [2.45, 2.75) is 22.6 Å². The van der Waals surface area contributed by atoms with E-state index in [0.29, 0.717) is 24.9 Å². The molecule has 0 fully saturated rings. The maximum absolute atomic E-state index is 13.8. The molecule has 0 aromatic heterocycles. The standard InChI is InChI=1S/C11H16FNO2S2/c1-16-11-9(12)6-8(4-3-5-13)7-10(11)17(2,14)15/h6-7H,3-5,13H2,1-2H3. The van der Waals surface area contributed by atoms with Crippen LogP contribution in [0.1, 0.15) is 12.0 Å². The summed E-state index contributed by atoms with van der Waals surface area (Å²) >= 11 is 1.10. The van der Waals surface area contributed by atoms with E-state index in [1.54, 1.807) is 12.3 Å². The highest BCUT2D eigenvalue weighted by Gasteiger charge is 2.18. The van der Waals surface area contributed by atoms with E-state index in [0.717, 1.165) is 18.0 Å². The van der Waals surface area contributed by atoms with E-state index in [-0.39, 0.29) is 9.79 Å². The molecule has 0 saturated carbocycles. The highest BCUT2D eigenvalue weighted by Crippen LogP contribution is 2.29. The van der Waals surface area contributed by atoms with Crippen molar-refractivity contribution in [3.8, 4) is 0 Å². The number of hydrogen-bond donors (Lipinski definition) is 1. The molecule has 96 valence electrons. The number of benzene rings is 1. The second-order valence-electron chi connectivity index (χ2n) is 3.77. The molecule has 0 aliphatic carbocycles. The van der Waals surface area contributed by atoms with Crippen molar-refractivity contribution in [3.63, 3.8) is 0 Å². The van der Waals surface area contributed by atoms with Crippen molar-refractivity contribution in [2.24, 2.45) is 5.73 Å². The summed E-state index contributed by atoms with van der Waals surface area (Å²) in [6.07, 6.45) is 4.05.